The van der Waals surface area contributed by atoms with Crippen molar-refractivity contribution in [3.05, 3.63) is 35.4 Å². The first-order chi connectivity index (χ1) is 8.66. The lowest BCUT2D eigenvalue weighted by molar-refractivity contribution is 0.178. The maximum absolute atomic E-state index is 3.68. The summed E-state index contributed by atoms with van der Waals surface area (Å²) < 4.78 is 0. The molecule has 1 heterocycles. The van der Waals surface area contributed by atoms with Gasteiger partial charge in [0.15, 0.2) is 0 Å². The highest BCUT2D eigenvalue weighted by molar-refractivity contribution is 5.24. The summed E-state index contributed by atoms with van der Waals surface area (Å²) in [7, 11) is 2.25. The van der Waals surface area contributed by atoms with Crippen molar-refractivity contribution < 1.29 is 0 Å². The molecule has 2 heteroatoms. The SMILES string of the molecule is Cc1cccc([C@@H](C)NCC2CCCCN2C)c1. The first-order valence-electron chi connectivity index (χ1n) is 7.17. The molecule has 1 N–H and O–H groups in total. The van der Waals surface area contributed by atoms with E-state index in [1.54, 1.807) is 0 Å². The zero-order chi connectivity index (χ0) is 13.0. The van der Waals surface area contributed by atoms with E-state index in [-0.39, 0.29) is 0 Å². The zero-order valence-electron chi connectivity index (χ0n) is 11.9. The van der Waals surface area contributed by atoms with Crippen LogP contribution >= 0.6 is 0 Å². The van der Waals surface area contributed by atoms with Crippen LogP contribution < -0.4 is 5.32 Å². The summed E-state index contributed by atoms with van der Waals surface area (Å²) in [6.45, 7) is 6.78. The van der Waals surface area contributed by atoms with Gasteiger partial charge in [0.2, 0.25) is 0 Å². The maximum atomic E-state index is 3.68. The predicted octanol–water partition coefficient (Wildman–Crippen LogP) is 3.13. The molecule has 0 spiro atoms. The molecule has 0 aliphatic carbocycles. The minimum atomic E-state index is 0.445. The van der Waals surface area contributed by atoms with E-state index < -0.39 is 0 Å². The van der Waals surface area contributed by atoms with Gasteiger partial charge in [-0.1, -0.05) is 36.2 Å². The van der Waals surface area contributed by atoms with Crippen LogP contribution in [0, 0.1) is 6.92 Å². The van der Waals surface area contributed by atoms with Gasteiger partial charge in [-0.2, -0.15) is 0 Å². The highest BCUT2D eigenvalue weighted by atomic mass is 15.2. The fourth-order valence-corrected chi connectivity index (χ4v) is 2.77. The Labute approximate surface area is 111 Å². The van der Waals surface area contributed by atoms with E-state index in [1.807, 2.05) is 0 Å². The molecule has 1 aromatic rings. The van der Waals surface area contributed by atoms with Gasteiger partial charge in [-0.05, 0) is 45.8 Å². The highest BCUT2D eigenvalue weighted by Crippen LogP contribution is 2.17. The largest absolute Gasteiger partial charge is 0.309 e. The molecule has 100 valence electrons. The molecule has 0 radical (unpaired) electrons. The summed E-state index contributed by atoms with van der Waals surface area (Å²) >= 11 is 0. The van der Waals surface area contributed by atoms with Crippen LogP contribution in [0.1, 0.15) is 43.4 Å². The standard InChI is InChI=1S/C16H26N2/c1-13-7-6-8-15(11-13)14(2)17-12-16-9-4-5-10-18(16)3/h6-8,11,14,16-17H,4-5,9-10,12H2,1-3H3/t14-,16?/m1/s1. The quantitative estimate of drug-likeness (QED) is 0.878. The summed E-state index contributed by atoms with van der Waals surface area (Å²) in [6, 6.07) is 9.96. The zero-order valence-corrected chi connectivity index (χ0v) is 11.9. The molecule has 1 unspecified atom stereocenters. The number of benzene rings is 1. The lowest BCUT2D eigenvalue weighted by Gasteiger charge is -2.33. The highest BCUT2D eigenvalue weighted by Gasteiger charge is 2.19. The predicted molar refractivity (Wildman–Crippen MR) is 77.9 cm³/mol. The number of likely N-dealkylation sites (tertiary alicyclic amines) is 1. The molecule has 0 saturated carbocycles. The van der Waals surface area contributed by atoms with Gasteiger partial charge in [-0.15, -0.1) is 0 Å². The van der Waals surface area contributed by atoms with Crippen molar-refractivity contribution in [1.29, 1.82) is 0 Å². The Kier molecular flexibility index (Phi) is 4.79. The first-order valence-corrected chi connectivity index (χ1v) is 7.17. The summed E-state index contributed by atoms with van der Waals surface area (Å²) in [6.07, 6.45) is 4.08. The van der Waals surface area contributed by atoms with E-state index in [0.717, 1.165) is 6.54 Å². The summed E-state index contributed by atoms with van der Waals surface area (Å²) in [5.74, 6) is 0. The molecule has 1 aliphatic heterocycles. The molecule has 1 fully saturated rings. The third-order valence-corrected chi connectivity index (χ3v) is 4.12. The second-order valence-electron chi connectivity index (χ2n) is 5.67. The van der Waals surface area contributed by atoms with Gasteiger partial charge < -0.3 is 10.2 Å². The van der Waals surface area contributed by atoms with Crippen molar-refractivity contribution in [1.82, 2.24) is 10.2 Å². The third kappa shape index (κ3) is 3.56. The molecule has 1 aromatic carbocycles. The number of likely N-dealkylation sites (N-methyl/N-ethyl adjacent to an activating group) is 1. The molecule has 18 heavy (non-hydrogen) atoms. The van der Waals surface area contributed by atoms with Gasteiger partial charge in [-0.25, -0.2) is 0 Å². The Balaban J connectivity index is 1.86. The van der Waals surface area contributed by atoms with Crippen LogP contribution in [0.3, 0.4) is 0 Å². The van der Waals surface area contributed by atoms with Gasteiger partial charge in [0.1, 0.15) is 0 Å². The van der Waals surface area contributed by atoms with Crippen LogP contribution in [-0.2, 0) is 0 Å². The van der Waals surface area contributed by atoms with Gasteiger partial charge >= 0.3 is 0 Å². The summed E-state index contributed by atoms with van der Waals surface area (Å²) in [4.78, 5) is 2.50. The van der Waals surface area contributed by atoms with Crippen molar-refractivity contribution in [2.24, 2.45) is 0 Å². The summed E-state index contributed by atoms with van der Waals surface area (Å²) in [5, 5.41) is 3.68. The number of nitrogens with one attached hydrogen (secondary N) is 1. The molecular formula is C16H26N2. The lowest BCUT2D eigenvalue weighted by atomic mass is 10.0. The monoisotopic (exact) mass is 246 g/mol. The molecule has 1 aliphatic rings. The number of hydrogen-bond acceptors (Lipinski definition) is 2. The van der Waals surface area contributed by atoms with E-state index in [4.69, 9.17) is 0 Å². The van der Waals surface area contributed by atoms with Gasteiger partial charge in [-0.3, -0.25) is 0 Å². The fourth-order valence-electron chi connectivity index (χ4n) is 2.77. The third-order valence-electron chi connectivity index (χ3n) is 4.12. The average molecular weight is 246 g/mol. The van der Waals surface area contributed by atoms with E-state index in [1.165, 1.54) is 36.9 Å². The van der Waals surface area contributed by atoms with E-state index >= 15 is 0 Å². The minimum Gasteiger partial charge on any atom is -0.309 e. The Morgan fingerprint density at radius 3 is 2.94 bits per heavy atom. The van der Waals surface area contributed by atoms with Crippen LogP contribution in [0.15, 0.2) is 24.3 Å². The average Bonchev–Trinajstić information content (AvgIpc) is 2.37. The number of hydrogen-bond donors (Lipinski definition) is 1. The van der Waals surface area contributed by atoms with Gasteiger partial charge in [0, 0.05) is 18.6 Å². The van der Waals surface area contributed by atoms with E-state index in [9.17, 15) is 0 Å². The molecule has 1 saturated heterocycles. The Hall–Kier alpha value is -0.860. The van der Waals surface area contributed by atoms with Crippen LogP contribution in [0.2, 0.25) is 0 Å². The molecule has 2 nitrogen and oxygen atoms in total. The van der Waals surface area contributed by atoms with Crippen molar-refractivity contribution in [3.63, 3.8) is 0 Å². The minimum absolute atomic E-state index is 0.445. The van der Waals surface area contributed by atoms with Crippen LogP contribution in [0.4, 0.5) is 0 Å². The smallest absolute Gasteiger partial charge is 0.0292 e. The normalized spacial score (nSPS) is 22.9. The number of nitrogens with zero attached hydrogens (tertiary/aromatic N) is 1. The molecule has 0 amide bonds. The number of rotatable bonds is 4. The van der Waals surface area contributed by atoms with E-state index in [0.29, 0.717) is 12.1 Å². The lowest BCUT2D eigenvalue weighted by Crippen LogP contribution is -2.43. The first kappa shape index (κ1) is 13.6. The van der Waals surface area contributed by atoms with Gasteiger partial charge in [0.05, 0.1) is 0 Å². The van der Waals surface area contributed by atoms with Gasteiger partial charge in [0.25, 0.3) is 0 Å². The summed E-state index contributed by atoms with van der Waals surface area (Å²) in [5.41, 5.74) is 2.74. The fraction of sp³-hybridized carbons (Fsp3) is 0.625. The van der Waals surface area contributed by atoms with Crippen molar-refractivity contribution in [3.8, 4) is 0 Å². The second kappa shape index (κ2) is 6.35. The number of aryl methyl sites for hydroxylation is 1. The Morgan fingerprint density at radius 1 is 1.39 bits per heavy atom. The topological polar surface area (TPSA) is 15.3 Å². The second-order valence-corrected chi connectivity index (χ2v) is 5.67. The van der Waals surface area contributed by atoms with Crippen molar-refractivity contribution >= 4 is 0 Å². The van der Waals surface area contributed by atoms with Crippen LogP contribution in [0.5, 0.6) is 0 Å². The molecule has 2 rings (SSSR count). The number of piperidine rings is 1. The van der Waals surface area contributed by atoms with E-state index in [2.05, 4.69) is 55.4 Å². The molecular weight excluding hydrogens is 220 g/mol. The Bertz CT molecular complexity index is 375. The molecule has 0 aromatic heterocycles. The van der Waals surface area contributed by atoms with Crippen LogP contribution in [0.25, 0.3) is 0 Å². The molecule has 0 bridgehead atoms. The van der Waals surface area contributed by atoms with Crippen molar-refractivity contribution in [2.75, 3.05) is 20.1 Å². The maximum Gasteiger partial charge on any atom is 0.0292 e. The Morgan fingerprint density at radius 2 is 2.22 bits per heavy atom. The van der Waals surface area contributed by atoms with Crippen molar-refractivity contribution in [2.45, 2.75) is 45.2 Å². The molecule has 2 atom stereocenters. The van der Waals surface area contributed by atoms with Crippen LogP contribution in [-0.4, -0.2) is 31.1 Å².